The summed E-state index contributed by atoms with van der Waals surface area (Å²) >= 11 is 0. The number of hydrogen-bond donors (Lipinski definition) is 2. The second-order valence-corrected chi connectivity index (χ2v) is 7.19. The maximum atomic E-state index is 11.1. The van der Waals surface area contributed by atoms with E-state index < -0.39 is 10.0 Å². The van der Waals surface area contributed by atoms with E-state index in [-0.39, 0.29) is 6.04 Å². The smallest absolute Gasteiger partial charge is 0.208 e. The topological polar surface area (TPSA) is 76.0 Å². The number of aryl methyl sites for hydroxylation is 2. The van der Waals surface area contributed by atoms with Gasteiger partial charge in [-0.3, -0.25) is 4.68 Å². The average Bonchev–Trinajstić information content (AvgIpc) is 2.45. The molecule has 0 saturated heterocycles. The van der Waals surface area contributed by atoms with Gasteiger partial charge in [-0.15, -0.1) is 0 Å². The van der Waals surface area contributed by atoms with Crippen LogP contribution in [0.15, 0.2) is 0 Å². The second-order valence-electron chi connectivity index (χ2n) is 5.41. The predicted octanol–water partition coefficient (Wildman–Crippen LogP) is 0.207. The number of aromatic nitrogens is 2. The molecule has 0 unspecified atom stereocenters. The van der Waals surface area contributed by atoms with Gasteiger partial charge >= 0.3 is 0 Å². The Morgan fingerprint density at radius 3 is 2.42 bits per heavy atom. The number of rotatable bonds is 5. The normalized spacial score (nSPS) is 23.4. The van der Waals surface area contributed by atoms with Crippen molar-refractivity contribution in [2.24, 2.45) is 7.05 Å². The lowest BCUT2D eigenvalue weighted by Crippen LogP contribution is -2.51. The quantitative estimate of drug-likeness (QED) is 0.811. The summed E-state index contributed by atoms with van der Waals surface area (Å²) in [5.41, 5.74) is 3.47. The molecule has 1 fully saturated rings. The van der Waals surface area contributed by atoms with E-state index in [1.807, 2.05) is 18.7 Å². The van der Waals surface area contributed by atoms with Crippen LogP contribution in [0.25, 0.3) is 0 Å². The zero-order valence-corrected chi connectivity index (χ0v) is 12.7. The van der Waals surface area contributed by atoms with Crippen LogP contribution >= 0.6 is 0 Å². The largest absolute Gasteiger partial charge is 0.310 e. The molecule has 1 heterocycles. The molecular formula is C12H22N4O2S. The van der Waals surface area contributed by atoms with Gasteiger partial charge in [0.1, 0.15) is 0 Å². The molecule has 1 aromatic heterocycles. The molecule has 1 saturated carbocycles. The van der Waals surface area contributed by atoms with Crippen molar-refractivity contribution in [3.63, 3.8) is 0 Å². The molecule has 1 aliphatic rings. The Morgan fingerprint density at radius 2 is 1.95 bits per heavy atom. The molecule has 0 amide bonds. The van der Waals surface area contributed by atoms with Crippen molar-refractivity contribution in [1.82, 2.24) is 19.8 Å². The second kappa shape index (κ2) is 5.22. The third-order valence-corrected chi connectivity index (χ3v) is 4.51. The monoisotopic (exact) mass is 286 g/mol. The summed E-state index contributed by atoms with van der Waals surface area (Å²) in [5.74, 6) is 0. The molecule has 0 spiro atoms. The van der Waals surface area contributed by atoms with Crippen molar-refractivity contribution in [2.75, 3.05) is 6.26 Å². The molecule has 2 rings (SSSR count). The van der Waals surface area contributed by atoms with E-state index in [9.17, 15) is 8.42 Å². The number of hydrogen-bond acceptors (Lipinski definition) is 4. The molecule has 0 radical (unpaired) electrons. The summed E-state index contributed by atoms with van der Waals surface area (Å²) in [7, 11) is -1.13. The van der Waals surface area contributed by atoms with Gasteiger partial charge in [-0.2, -0.15) is 5.10 Å². The third-order valence-electron chi connectivity index (χ3n) is 3.75. The molecule has 0 bridgehead atoms. The SMILES string of the molecule is Cc1nn(C)c(C)c1CNC1CC(NS(C)(=O)=O)C1. The van der Waals surface area contributed by atoms with E-state index >= 15 is 0 Å². The lowest BCUT2D eigenvalue weighted by atomic mass is 9.87. The van der Waals surface area contributed by atoms with E-state index in [0.29, 0.717) is 6.04 Å². The Labute approximate surface area is 114 Å². The summed E-state index contributed by atoms with van der Waals surface area (Å²) in [6.07, 6.45) is 2.91. The van der Waals surface area contributed by atoms with Crippen LogP contribution in [0, 0.1) is 13.8 Å². The molecule has 1 aromatic rings. The molecule has 0 aliphatic heterocycles. The summed E-state index contributed by atoms with van der Waals surface area (Å²) in [4.78, 5) is 0. The minimum atomic E-state index is -3.08. The maximum Gasteiger partial charge on any atom is 0.208 e. The van der Waals surface area contributed by atoms with Gasteiger partial charge in [0.05, 0.1) is 11.9 Å². The fraction of sp³-hybridized carbons (Fsp3) is 0.750. The van der Waals surface area contributed by atoms with E-state index in [4.69, 9.17) is 0 Å². The van der Waals surface area contributed by atoms with E-state index in [1.165, 1.54) is 17.5 Å². The fourth-order valence-corrected chi connectivity index (χ4v) is 3.30. The van der Waals surface area contributed by atoms with Crippen molar-refractivity contribution in [1.29, 1.82) is 0 Å². The van der Waals surface area contributed by atoms with Crippen LogP contribution in [0.4, 0.5) is 0 Å². The minimum absolute atomic E-state index is 0.0867. The fourth-order valence-electron chi connectivity index (χ4n) is 2.50. The van der Waals surface area contributed by atoms with Crippen molar-refractivity contribution >= 4 is 10.0 Å². The van der Waals surface area contributed by atoms with Gasteiger partial charge in [0.25, 0.3) is 0 Å². The highest BCUT2D eigenvalue weighted by Crippen LogP contribution is 2.21. The van der Waals surface area contributed by atoms with Crippen molar-refractivity contribution < 1.29 is 8.42 Å². The number of nitrogens with zero attached hydrogens (tertiary/aromatic N) is 2. The van der Waals surface area contributed by atoms with Gasteiger partial charge in [-0.1, -0.05) is 0 Å². The molecule has 0 atom stereocenters. The molecule has 7 heteroatoms. The van der Waals surface area contributed by atoms with Crippen LogP contribution in [-0.4, -0.2) is 36.5 Å². The van der Waals surface area contributed by atoms with Crippen LogP contribution in [-0.2, 0) is 23.6 Å². The average molecular weight is 286 g/mol. The van der Waals surface area contributed by atoms with Crippen LogP contribution < -0.4 is 10.0 Å². The Balaban J connectivity index is 1.80. The van der Waals surface area contributed by atoms with Crippen LogP contribution in [0.2, 0.25) is 0 Å². The third kappa shape index (κ3) is 3.55. The van der Waals surface area contributed by atoms with Gasteiger partial charge in [0.15, 0.2) is 0 Å². The zero-order valence-electron chi connectivity index (χ0n) is 11.9. The minimum Gasteiger partial charge on any atom is -0.310 e. The lowest BCUT2D eigenvalue weighted by Gasteiger charge is -2.36. The summed E-state index contributed by atoms with van der Waals surface area (Å²) in [6, 6.07) is 0.474. The van der Waals surface area contributed by atoms with Crippen molar-refractivity contribution in [3.05, 3.63) is 17.0 Å². The first kappa shape index (κ1) is 14.5. The van der Waals surface area contributed by atoms with Gasteiger partial charge < -0.3 is 5.32 Å². The molecular weight excluding hydrogens is 264 g/mol. The zero-order chi connectivity index (χ0) is 14.2. The Morgan fingerprint density at radius 1 is 1.32 bits per heavy atom. The molecule has 0 aromatic carbocycles. The molecule has 2 N–H and O–H groups in total. The standard InChI is InChI=1S/C12H22N4O2S/c1-8-12(9(2)16(3)14-8)7-13-10-5-11(6-10)15-19(4,17)18/h10-11,13,15H,5-7H2,1-4H3. The summed E-state index contributed by atoms with van der Waals surface area (Å²) in [6.45, 7) is 4.87. The van der Waals surface area contributed by atoms with E-state index in [0.717, 1.165) is 25.1 Å². The van der Waals surface area contributed by atoms with Gasteiger partial charge in [0.2, 0.25) is 10.0 Å². The van der Waals surface area contributed by atoms with E-state index in [1.54, 1.807) is 0 Å². The van der Waals surface area contributed by atoms with Gasteiger partial charge in [-0.05, 0) is 26.7 Å². The van der Waals surface area contributed by atoms with Crippen molar-refractivity contribution in [2.45, 2.75) is 45.3 Å². The Kier molecular flexibility index (Phi) is 3.98. The van der Waals surface area contributed by atoms with Gasteiger partial charge in [-0.25, -0.2) is 13.1 Å². The number of sulfonamides is 1. The van der Waals surface area contributed by atoms with E-state index in [2.05, 4.69) is 22.1 Å². The van der Waals surface area contributed by atoms with Crippen LogP contribution in [0.3, 0.4) is 0 Å². The summed E-state index contributed by atoms with van der Waals surface area (Å²) < 4.78 is 26.7. The highest BCUT2D eigenvalue weighted by Gasteiger charge is 2.30. The Hall–Kier alpha value is -0.920. The Bertz CT molecular complexity index is 559. The lowest BCUT2D eigenvalue weighted by molar-refractivity contribution is 0.273. The highest BCUT2D eigenvalue weighted by molar-refractivity contribution is 7.88. The molecule has 108 valence electrons. The predicted molar refractivity (Wildman–Crippen MR) is 74.3 cm³/mol. The summed E-state index contributed by atoms with van der Waals surface area (Å²) in [5, 5.41) is 7.84. The van der Waals surface area contributed by atoms with Crippen LogP contribution in [0.1, 0.15) is 29.8 Å². The first-order valence-corrected chi connectivity index (χ1v) is 8.35. The maximum absolute atomic E-state index is 11.1. The van der Waals surface area contributed by atoms with Crippen LogP contribution in [0.5, 0.6) is 0 Å². The molecule has 19 heavy (non-hydrogen) atoms. The van der Waals surface area contributed by atoms with Crippen molar-refractivity contribution in [3.8, 4) is 0 Å². The number of nitrogens with one attached hydrogen (secondary N) is 2. The first-order chi connectivity index (χ1) is 8.76. The van der Waals surface area contributed by atoms with Gasteiger partial charge in [0, 0.05) is 36.9 Å². The highest BCUT2D eigenvalue weighted by atomic mass is 32.2. The first-order valence-electron chi connectivity index (χ1n) is 6.46. The molecule has 1 aliphatic carbocycles. The molecule has 6 nitrogen and oxygen atoms in total.